The molecule has 0 aromatic heterocycles. The minimum absolute atomic E-state index is 0.0147. The second-order valence-electron chi connectivity index (χ2n) is 4.27. The summed E-state index contributed by atoms with van der Waals surface area (Å²) in [5.41, 5.74) is 6.85. The summed E-state index contributed by atoms with van der Waals surface area (Å²) in [6, 6.07) is 2.90. The molecular weight excluding hydrogens is 288 g/mol. The van der Waals surface area contributed by atoms with Crippen LogP contribution in [-0.2, 0) is 10.0 Å². The van der Waals surface area contributed by atoms with Crippen molar-refractivity contribution in [3.05, 3.63) is 22.7 Å². The third kappa shape index (κ3) is 3.60. The van der Waals surface area contributed by atoms with Crippen molar-refractivity contribution >= 4 is 27.3 Å². The van der Waals surface area contributed by atoms with E-state index in [1.807, 2.05) is 6.92 Å². The Morgan fingerprint density at radius 1 is 1.37 bits per heavy atom. The molecule has 0 amide bonds. The summed E-state index contributed by atoms with van der Waals surface area (Å²) in [6.07, 6.45) is 0.651. The van der Waals surface area contributed by atoms with Gasteiger partial charge < -0.3 is 10.8 Å². The highest BCUT2D eigenvalue weighted by atomic mass is 35.5. The number of hydrogen-bond acceptors (Lipinski definition) is 4. The molecule has 3 N–H and O–H groups in total. The number of halogens is 1. The standard InChI is InChI=1S/C12H19ClN2O3S/c1-3-4-15(5-6-16)19(17,18)12-8-11(14)9(2)7-10(12)13/h7-8,16H,3-6,14H2,1-2H3. The molecule has 0 heterocycles. The molecule has 1 aromatic carbocycles. The lowest BCUT2D eigenvalue weighted by atomic mass is 10.2. The zero-order valence-corrected chi connectivity index (χ0v) is 12.6. The van der Waals surface area contributed by atoms with Gasteiger partial charge in [-0.1, -0.05) is 18.5 Å². The van der Waals surface area contributed by atoms with Gasteiger partial charge in [0.2, 0.25) is 10.0 Å². The quantitative estimate of drug-likeness (QED) is 0.782. The van der Waals surface area contributed by atoms with Gasteiger partial charge in [0.25, 0.3) is 0 Å². The molecule has 0 radical (unpaired) electrons. The first-order valence-corrected chi connectivity index (χ1v) is 7.83. The first-order chi connectivity index (χ1) is 8.84. The molecule has 0 fully saturated rings. The van der Waals surface area contributed by atoms with Crippen LogP contribution in [0.5, 0.6) is 0 Å². The van der Waals surface area contributed by atoms with Gasteiger partial charge in [-0.2, -0.15) is 4.31 Å². The Morgan fingerprint density at radius 3 is 2.53 bits per heavy atom. The topological polar surface area (TPSA) is 83.6 Å². The number of hydrogen-bond donors (Lipinski definition) is 2. The Bertz CT molecular complexity index is 540. The molecule has 0 atom stereocenters. The summed E-state index contributed by atoms with van der Waals surface area (Å²) >= 11 is 6.01. The minimum Gasteiger partial charge on any atom is -0.398 e. The van der Waals surface area contributed by atoms with Crippen LogP contribution in [-0.4, -0.2) is 37.5 Å². The lowest BCUT2D eigenvalue weighted by molar-refractivity contribution is 0.253. The van der Waals surface area contributed by atoms with Crippen molar-refractivity contribution in [2.75, 3.05) is 25.4 Å². The Balaban J connectivity index is 3.28. The van der Waals surface area contributed by atoms with Gasteiger partial charge >= 0.3 is 0 Å². The van der Waals surface area contributed by atoms with Crippen LogP contribution in [0.25, 0.3) is 0 Å². The van der Waals surface area contributed by atoms with Crippen molar-refractivity contribution in [3.8, 4) is 0 Å². The molecule has 0 aliphatic heterocycles. The predicted octanol–water partition coefficient (Wildman–Crippen LogP) is 1.62. The van der Waals surface area contributed by atoms with E-state index in [4.69, 9.17) is 22.4 Å². The molecule has 0 aliphatic rings. The summed E-state index contributed by atoms with van der Waals surface area (Å²) in [6.45, 7) is 3.76. The number of aryl methyl sites for hydroxylation is 1. The second kappa shape index (κ2) is 6.56. The molecular formula is C12H19ClN2O3S. The smallest absolute Gasteiger partial charge is 0.244 e. The van der Waals surface area contributed by atoms with E-state index in [0.29, 0.717) is 18.7 Å². The first kappa shape index (κ1) is 16.2. The van der Waals surface area contributed by atoms with Gasteiger partial charge in [0.1, 0.15) is 4.90 Å². The van der Waals surface area contributed by atoms with E-state index in [0.717, 1.165) is 5.56 Å². The molecule has 19 heavy (non-hydrogen) atoms. The van der Waals surface area contributed by atoms with Gasteiger partial charge in [-0.05, 0) is 31.0 Å². The van der Waals surface area contributed by atoms with Crippen LogP contribution >= 0.6 is 11.6 Å². The molecule has 5 nitrogen and oxygen atoms in total. The number of nitrogens with zero attached hydrogens (tertiary/aromatic N) is 1. The van der Waals surface area contributed by atoms with Crippen LogP contribution in [0.4, 0.5) is 5.69 Å². The van der Waals surface area contributed by atoms with Gasteiger partial charge in [0.05, 0.1) is 11.6 Å². The number of nitrogen functional groups attached to an aromatic ring is 1. The van der Waals surface area contributed by atoms with E-state index in [1.165, 1.54) is 16.4 Å². The Morgan fingerprint density at radius 2 is 2.00 bits per heavy atom. The van der Waals surface area contributed by atoms with Crippen LogP contribution in [0.1, 0.15) is 18.9 Å². The van der Waals surface area contributed by atoms with E-state index in [1.54, 1.807) is 6.92 Å². The number of sulfonamides is 1. The monoisotopic (exact) mass is 306 g/mol. The van der Waals surface area contributed by atoms with Crippen LogP contribution in [0.2, 0.25) is 5.02 Å². The maximum absolute atomic E-state index is 12.5. The number of rotatable bonds is 6. The average molecular weight is 307 g/mol. The maximum atomic E-state index is 12.5. The molecule has 0 saturated carbocycles. The Hall–Kier alpha value is -0.820. The van der Waals surface area contributed by atoms with Crippen LogP contribution in [0.15, 0.2) is 17.0 Å². The van der Waals surface area contributed by atoms with Gasteiger partial charge in [-0.3, -0.25) is 0 Å². The normalized spacial score (nSPS) is 12.1. The van der Waals surface area contributed by atoms with Crippen molar-refractivity contribution in [1.82, 2.24) is 4.31 Å². The van der Waals surface area contributed by atoms with E-state index < -0.39 is 10.0 Å². The van der Waals surface area contributed by atoms with Crippen LogP contribution in [0, 0.1) is 6.92 Å². The zero-order chi connectivity index (χ0) is 14.6. The van der Waals surface area contributed by atoms with Crippen molar-refractivity contribution in [1.29, 1.82) is 0 Å². The van der Waals surface area contributed by atoms with Crippen molar-refractivity contribution < 1.29 is 13.5 Å². The number of nitrogens with two attached hydrogens (primary N) is 1. The molecule has 1 rings (SSSR count). The first-order valence-electron chi connectivity index (χ1n) is 6.01. The van der Waals surface area contributed by atoms with Gasteiger partial charge in [0, 0.05) is 18.8 Å². The van der Waals surface area contributed by atoms with Gasteiger partial charge in [0.15, 0.2) is 0 Å². The van der Waals surface area contributed by atoms with E-state index >= 15 is 0 Å². The molecule has 0 unspecified atom stereocenters. The highest BCUT2D eigenvalue weighted by molar-refractivity contribution is 7.89. The van der Waals surface area contributed by atoms with E-state index in [9.17, 15) is 8.42 Å². The number of anilines is 1. The zero-order valence-electron chi connectivity index (χ0n) is 11.1. The average Bonchev–Trinajstić information content (AvgIpc) is 2.33. The molecule has 1 aromatic rings. The largest absolute Gasteiger partial charge is 0.398 e. The summed E-state index contributed by atoms with van der Waals surface area (Å²) in [4.78, 5) is -0.0147. The van der Waals surface area contributed by atoms with Gasteiger partial charge in [-0.15, -0.1) is 0 Å². The highest BCUT2D eigenvalue weighted by Crippen LogP contribution is 2.29. The molecule has 0 saturated heterocycles. The Kier molecular flexibility index (Phi) is 5.61. The van der Waals surface area contributed by atoms with E-state index in [-0.39, 0.29) is 23.1 Å². The van der Waals surface area contributed by atoms with Crippen LogP contribution in [0.3, 0.4) is 0 Å². The summed E-state index contributed by atoms with van der Waals surface area (Å²) in [5, 5.41) is 9.12. The fourth-order valence-corrected chi connectivity index (χ4v) is 3.83. The molecule has 0 bridgehead atoms. The van der Waals surface area contributed by atoms with Crippen molar-refractivity contribution in [2.24, 2.45) is 0 Å². The SMILES string of the molecule is CCCN(CCO)S(=O)(=O)c1cc(N)c(C)cc1Cl. The van der Waals surface area contributed by atoms with Gasteiger partial charge in [-0.25, -0.2) is 8.42 Å². The number of aliphatic hydroxyl groups is 1. The number of benzene rings is 1. The molecule has 7 heteroatoms. The molecule has 0 spiro atoms. The predicted molar refractivity (Wildman–Crippen MR) is 76.7 cm³/mol. The molecule has 108 valence electrons. The maximum Gasteiger partial charge on any atom is 0.244 e. The van der Waals surface area contributed by atoms with Crippen molar-refractivity contribution in [3.63, 3.8) is 0 Å². The second-order valence-corrected chi connectivity index (χ2v) is 6.58. The fraction of sp³-hybridized carbons (Fsp3) is 0.500. The fourth-order valence-electron chi connectivity index (χ4n) is 1.72. The lowest BCUT2D eigenvalue weighted by Crippen LogP contribution is -2.34. The highest BCUT2D eigenvalue weighted by Gasteiger charge is 2.26. The summed E-state index contributed by atoms with van der Waals surface area (Å²) in [7, 11) is -3.73. The van der Waals surface area contributed by atoms with E-state index in [2.05, 4.69) is 0 Å². The molecule has 0 aliphatic carbocycles. The minimum atomic E-state index is -3.73. The summed E-state index contributed by atoms with van der Waals surface area (Å²) in [5.74, 6) is 0. The third-order valence-corrected chi connectivity index (χ3v) is 5.12. The number of aliphatic hydroxyl groups excluding tert-OH is 1. The Labute approximate surface area is 119 Å². The third-order valence-electron chi connectivity index (χ3n) is 2.76. The van der Waals surface area contributed by atoms with Crippen molar-refractivity contribution in [2.45, 2.75) is 25.2 Å². The van der Waals surface area contributed by atoms with Crippen LogP contribution < -0.4 is 5.73 Å². The lowest BCUT2D eigenvalue weighted by Gasteiger charge is -2.21. The summed E-state index contributed by atoms with van der Waals surface area (Å²) < 4.78 is 26.2.